The van der Waals surface area contributed by atoms with Crippen LogP contribution in [0.1, 0.15) is 59.4 Å². The number of allylic oxidation sites excluding steroid dienone is 9. The van der Waals surface area contributed by atoms with Crippen molar-refractivity contribution in [1.29, 1.82) is 0 Å². The standard InChI is InChI=1S/C27H37N/c1-21(14-17-26-24(4)11-8-19-27(26,5)6)9-7-10-22(2)18-20-28-25-15-12-23(3)13-16-25/h7,9-10,12-18,28H,8,11,19-20H2,1-6H3/b10-7+,17-14+,21-9+,22-18+. The Kier molecular flexibility index (Phi) is 8.11. The smallest absolute Gasteiger partial charge is 0.0342 e. The maximum atomic E-state index is 3.43. The van der Waals surface area contributed by atoms with Crippen LogP contribution in [0.4, 0.5) is 5.69 Å². The minimum atomic E-state index is 0.304. The van der Waals surface area contributed by atoms with Crippen molar-refractivity contribution in [1.82, 2.24) is 0 Å². The van der Waals surface area contributed by atoms with Crippen LogP contribution >= 0.6 is 0 Å². The van der Waals surface area contributed by atoms with Crippen molar-refractivity contribution in [2.75, 3.05) is 11.9 Å². The van der Waals surface area contributed by atoms with Gasteiger partial charge in [-0.2, -0.15) is 0 Å². The van der Waals surface area contributed by atoms with Crippen LogP contribution in [0.2, 0.25) is 0 Å². The fraction of sp³-hybridized carbons (Fsp3) is 0.407. The van der Waals surface area contributed by atoms with Crippen LogP contribution in [0.3, 0.4) is 0 Å². The van der Waals surface area contributed by atoms with Gasteiger partial charge in [0.1, 0.15) is 0 Å². The van der Waals surface area contributed by atoms with Gasteiger partial charge in [0, 0.05) is 12.2 Å². The first-order chi connectivity index (χ1) is 13.3. The van der Waals surface area contributed by atoms with Gasteiger partial charge in [0.15, 0.2) is 0 Å². The quantitative estimate of drug-likeness (QED) is 0.477. The van der Waals surface area contributed by atoms with Crippen molar-refractivity contribution in [3.63, 3.8) is 0 Å². The summed E-state index contributed by atoms with van der Waals surface area (Å²) in [7, 11) is 0. The molecule has 2 rings (SSSR count). The molecule has 0 aliphatic heterocycles. The molecule has 0 atom stereocenters. The molecule has 0 saturated heterocycles. The van der Waals surface area contributed by atoms with Crippen molar-refractivity contribution in [2.45, 2.75) is 60.8 Å². The minimum Gasteiger partial charge on any atom is -0.382 e. The minimum absolute atomic E-state index is 0.304. The van der Waals surface area contributed by atoms with Gasteiger partial charge >= 0.3 is 0 Å². The third-order valence-corrected chi connectivity index (χ3v) is 5.56. The van der Waals surface area contributed by atoms with Crippen LogP contribution in [0.5, 0.6) is 0 Å². The van der Waals surface area contributed by atoms with E-state index in [1.165, 1.54) is 41.5 Å². The molecule has 0 radical (unpaired) electrons. The number of aryl methyl sites for hydroxylation is 1. The molecule has 0 amide bonds. The highest BCUT2D eigenvalue weighted by atomic mass is 14.8. The highest BCUT2D eigenvalue weighted by molar-refractivity contribution is 5.45. The predicted octanol–water partition coefficient (Wildman–Crippen LogP) is 7.94. The first-order valence-corrected chi connectivity index (χ1v) is 10.5. The molecule has 1 aliphatic carbocycles. The molecule has 0 fully saturated rings. The van der Waals surface area contributed by atoms with Gasteiger partial charge in [-0.25, -0.2) is 0 Å². The Bertz CT molecular complexity index is 795. The average molecular weight is 376 g/mol. The Labute approximate surface area is 172 Å². The van der Waals surface area contributed by atoms with Gasteiger partial charge in [0.2, 0.25) is 0 Å². The van der Waals surface area contributed by atoms with E-state index < -0.39 is 0 Å². The third-order valence-electron chi connectivity index (χ3n) is 5.56. The van der Waals surface area contributed by atoms with E-state index in [4.69, 9.17) is 0 Å². The summed E-state index contributed by atoms with van der Waals surface area (Å²) in [6, 6.07) is 8.51. The fourth-order valence-corrected chi connectivity index (χ4v) is 3.70. The van der Waals surface area contributed by atoms with Gasteiger partial charge in [-0.15, -0.1) is 0 Å². The zero-order chi connectivity index (χ0) is 20.6. The molecule has 0 unspecified atom stereocenters. The lowest BCUT2D eigenvalue weighted by Crippen LogP contribution is -2.19. The number of hydrogen-bond donors (Lipinski definition) is 1. The van der Waals surface area contributed by atoms with Crippen LogP contribution in [0.25, 0.3) is 0 Å². The van der Waals surface area contributed by atoms with Gasteiger partial charge in [0.25, 0.3) is 0 Å². The van der Waals surface area contributed by atoms with Crippen LogP contribution < -0.4 is 5.32 Å². The number of anilines is 1. The molecular weight excluding hydrogens is 338 g/mol. The summed E-state index contributed by atoms with van der Waals surface area (Å²) in [6.07, 6.45) is 17.2. The van der Waals surface area contributed by atoms with Crippen molar-refractivity contribution in [3.8, 4) is 0 Å². The van der Waals surface area contributed by atoms with Crippen LogP contribution in [0.15, 0.2) is 83.0 Å². The number of rotatable bonds is 7. The molecule has 0 aromatic heterocycles. The average Bonchev–Trinajstić information content (AvgIpc) is 2.62. The fourth-order valence-electron chi connectivity index (χ4n) is 3.70. The lowest BCUT2D eigenvalue weighted by molar-refractivity contribution is 0.377. The van der Waals surface area contributed by atoms with Gasteiger partial charge in [-0.05, 0) is 70.1 Å². The second-order valence-electron chi connectivity index (χ2n) is 8.73. The molecule has 0 heterocycles. The van der Waals surface area contributed by atoms with E-state index in [0.29, 0.717) is 5.41 Å². The Balaban J connectivity index is 1.88. The second-order valence-corrected chi connectivity index (χ2v) is 8.73. The topological polar surface area (TPSA) is 12.0 Å². The Hall–Kier alpha value is -2.28. The maximum Gasteiger partial charge on any atom is 0.0342 e. The molecule has 1 heteroatoms. The van der Waals surface area contributed by atoms with Crippen molar-refractivity contribution < 1.29 is 0 Å². The van der Waals surface area contributed by atoms with Crippen molar-refractivity contribution >= 4 is 5.69 Å². The molecule has 1 nitrogen and oxygen atoms in total. The van der Waals surface area contributed by atoms with E-state index in [1.807, 2.05) is 0 Å². The zero-order valence-corrected chi connectivity index (χ0v) is 18.6. The summed E-state index contributed by atoms with van der Waals surface area (Å²) >= 11 is 0. The van der Waals surface area contributed by atoms with Crippen molar-refractivity contribution in [2.24, 2.45) is 5.41 Å². The van der Waals surface area contributed by atoms with E-state index >= 15 is 0 Å². The second kappa shape index (κ2) is 10.3. The summed E-state index contributed by atoms with van der Waals surface area (Å²) < 4.78 is 0. The van der Waals surface area contributed by atoms with Crippen LogP contribution in [-0.4, -0.2) is 6.54 Å². The van der Waals surface area contributed by atoms with Gasteiger partial charge < -0.3 is 5.32 Å². The third kappa shape index (κ3) is 7.03. The molecule has 1 N–H and O–H groups in total. The summed E-state index contributed by atoms with van der Waals surface area (Å²) in [5, 5.41) is 3.43. The summed E-state index contributed by atoms with van der Waals surface area (Å²) in [5.41, 5.74) is 8.37. The lowest BCUT2D eigenvalue weighted by Gasteiger charge is -2.32. The van der Waals surface area contributed by atoms with Crippen molar-refractivity contribution in [3.05, 3.63) is 88.6 Å². The zero-order valence-electron chi connectivity index (χ0n) is 18.6. The van der Waals surface area contributed by atoms with E-state index in [-0.39, 0.29) is 0 Å². The Morgan fingerprint density at radius 2 is 1.75 bits per heavy atom. The summed E-state index contributed by atoms with van der Waals surface area (Å²) in [5.74, 6) is 0. The lowest BCUT2D eigenvalue weighted by atomic mass is 9.72. The molecular formula is C27H37N. The normalized spacial score (nSPS) is 18.4. The van der Waals surface area contributed by atoms with Crippen LogP contribution in [-0.2, 0) is 0 Å². The van der Waals surface area contributed by atoms with E-state index in [2.05, 4.69) is 108 Å². The predicted molar refractivity (Wildman–Crippen MR) is 126 cm³/mol. The number of benzene rings is 1. The summed E-state index contributed by atoms with van der Waals surface area (Å²) in [6.45, 7) is 14.3. The van der Waals surface area contributed by atoms with E-state index in [0.717, 1.165) is 12.2 Å². The molecule has 150 valence electrons. The maximum absolute atomic E-state index is 3.43. The molecule has 0 spiro atoms. The molecule has 1 aromatic rings. The summed E-state index contributed by atoms with van der Waals surface area (Å²) in [4.78, 5) is 0. The highest BCUT2D eigenvalue weighted by Gasteiger charge is 2.26. The molecule has 1 aliphatic rings. The van der Waals surface area contributed by atoms with Crippen LogP contribution in [0, 0.1) is 12.3 Å². The van der Waals surface area contributed by atoms with Gasteiger partial charge in [-0.1, -0.05) is 84.7 Å². The van der Waals surface area contributed by atoms with Gasteiger partial charge in [0.05, 0.1) is 0 Å². The Morgan fingerprint density at radius 1 is 1.04 bits per heavy atom. The highest BCUT2D eigenvalue weighted by Crippen LogP contribution is 2.40. The Morgan fingerprint density at radius 3 is 2.43 bits per heavy atom. The number of hydrogen-bond acceptors (Lipinski definition) is 1. The molecule has 28 heavy (non-hydrogen) atoms. The van der Waals surface area contributed by atoms with E-state index in [9.17, 15) is 0 Å². The first-order valence-electron chi connectivity index (χ1n) is 10.5. The first kappa shape index (κ1) is 22.0. The van der Waals surface area contributed by atoms with Gasteiger partial charge in [-0.3, -0.25) is 0 Å². The number of nitrogens with one attached hydrogen (secondary N) is 1. The largest absolute Gasteiger partial charge is 0.382 e. The monoisotopic (exact) mass is 375 g/mol. The molecule has 1 aromatic carbocycles. The van der Waals surface area contributed by atoms with E-state index in [1.54, 1.807) is 5.57 Å². The molecule has 0 saturated carbocycles. The SMILES string of the molecule is CC1=C(/C=C/C(C)=C/C=C/C(C)=C/CNc2ccc(C)cc2)C(C)(C)CCC1. The molecule has 0 bridgehead atoms.